The van der Waals surface area contributed by atoms with Crippen LogP contribution in [0.25, 0.3) is 0 Å². The molecule has 7 nitrogen and oxygen atoms in total. The summed E-state index contributed by atoms with van der Waals surface area (Å²) in [6.07, 6.45) is 1.50. The van der Waals surface area contributed by atoms with Crippen molar-refractivity contribution in [2.24, 2.45) is 0 Å². The van der Waals surface area contributed by atoms with Crippen LogP contribution in [0.4, 0.5) is 23.1 Å². The Labute approximate surface area is 149 Å². The normalized spacial score (nSPS) is 9.96. The molecule has 0 saturated carbocycles. The number of hydrogen-bond acceptors (Lipinski definition) is 7. The smallest absolute Gasteiger partial charge is 0.249 e. The molecule has 25 heavy (non-hydrogen) atoms. The Kier molecular flexibility index (Phi) is 4.92. The predicted octanol–water partition coefficient (Wildman–Crippen LogP) is 3.89. The Morgan fingerprint density at radius 3 is 2.52 bits per heavy atom. The van der Waals surface area contributed by atoms with E-state index in [1.165, 1.54) is 6.20 Å². The lowest BCUT2D eigenvalue weighted by Gasteiger charge is -2.09. The highest BCUT2D eigenvalue weighted by molar-refractivity contribution is 6.32. The molecule has 0 bridgehead atoms. The number of nitrogens with zero attached hydrogens (tertiary/aromatic N) is 4. The van der Waals surface area contributed by atoms with E-state index in [2.05, 4.69) is 31.9 Å². The van der Waals surface area contributed by atoms with E-state index in [0.717, 1.165) is 11.4 Å². The molecule has 8 heteroatoms. The predicted molar refractivity (Wildman–Crippen MR) is 95.6 cm³/mol. The number of hydrogen-bond donors (Lipinski definition) is 2. The molecule has 124 valence electrons. The fraction of sp³-hybridized carbons (Fsp3) is 0.0588. The first-order chi connectivity index (χ1) is 12.2. The van der Waals surface area contributed by atoms with Crippen LogP contribution in [0.5, 0.6) is 5.75 Å². The summed E-state index contributed by atoms with van der Waals surface area (Å²) in [4.78, 5) is 4.34. The van der Waals surface area contributed by atoms with Gasteiger partial charge in [-0.2, -0.15) is 15.3 Å². The minimum Gasteiger partial charge on any atom is -0.495 e. The third kappa shape index (κ3) is 4.13. The number of aromatic nitrogens is 3. The van der Waals surface area contributed by atoms with Crippen LogP contribution < -0.4 is 15.4 Å². The summed E-state index contributed by atoms with van der Waals surface area (Å²) in [7, 11) is 1.56. The molecule has 0 aliphatic carbocycles. The average Bonchev–Trinajstić information content (AvgIpc) is 2.63. The molecule has 0 atom stereocenters. The lowest BCUT2D eigenvalue weighted by Crippen LogP contribution is -2.02. The van der Waals surface area contributed by atoms with Gasteiger partial charge in [-0.3, -0.25) is 0 Å². The molecule has 0 unspecified atom stereocenters. The topological polar surface area (TPSA) is 95.8 Å². The Balaban J connectivity index is 1.74. The van der Waals surface area contributed by atoms with Crippen molar-refractivity contribution in [3.63, 3.8) is 0 Å². The number of benzene rings is 2. The van der Waals surface area contributed by atoms with E-state index in [-0.39, 0.29) is 0 Å². The molecule has 0 amide bonds. The second-order valence-corrected chi connectivity index (χ2v) is 5.36. The third-order valence-corrected chi connectivity index (χ3v) is 3.55. The van der Waals surface area contributed by atoms with Crippen LogP contribution in [-0.4, -0.2) is 22.3 Å². The maximum atomic E-state index is 8.82. The van der Waals surface area contributed by atoms with Gasteiger partial charge in [0.2, 0.25) is 5.95 Å². The van der Waals surface area contributed by atoms with Gasteiger partial charge in [-0.1, -0.05) is 11.6 Å². The van der Waals surface area contributed by atoms with E-state index < -0.39 is 0 Å². The molecule has 0 spiro atoms. The summed E-state index contributed by atoms with van der Waals surface area (Å²) < 4.78 is 5.12. The second-order valence-electron chi connectivity index (χ2n) is 4.95. The summed E-state index contributed by atoms with van der Waals surface area (Å²) in [6, 6.07) is 14.3. The van der Waals surface area contributed by atoms with Crippen LogP contribution in [0.2, 0.25) is 5.02 Å². The van der Waals surface area contributed by atoms with Crippen LogP contribution >= 0.6 is 11.6 Å². The fourth-order valence-corrected chi connectivity index (χ4v) is 2.32. The lowest BCUT2D eigenvalue weighted by molar-refractivity contribution is 0.415. The largest absolute Gasteiger partial charge is 0.495 e. The standard InChI is InChI=1S/C17H13ClN6O/c1-25-15-7-6-13(8-14(15)18)21-16-10-20-24-17(23-16)22-12-4-2-11(9-19)3-5-12/h2-8,10H,1H3,(H2,21,22,23,24). The zero-order chi connectivity index (χ0) is 17.6. The molecule has 1 heterocycles. The first kappa shape index (κ1) is 16.5. The molecule has 0 aliphatic heterocycles. The maximum absolute atomic E-state index is 8.82. The molecule has 0 radical (unpaired) electrons. The molecule has 2 N–H and O–H groups in total. The first-order valence-electron chi connectivity index (χ1n) is 7.25. The van der Waals surface area contributed by atoms with Crippen molar-refractivity contribution < 1.29 is 4.74 Å². The van der Waals surface area contributed by atoms with Crippen molar-refractivity contribution in [1.29, 1.82) is 5.26 Å². The number of nitrogens with one attached hydrogen (secondary N) is 2. The van der Waals surface area contributed by atoms with E-state index in [1.54, 1.807) is 43.5 Å². The van der Waals surface area contributed by atoms with Crippen LogP contribution in [0, 0.1) is 11.3 Å². The van der Waals surface area contributed by atoms with Crippen molar-refractivity contribution in [3.05, 3.63) is 59.2 Å². The highest BCUT2D eigenvalue weighted by Crippen LogP contribution is 2.28. The Morgan fingerprint density at radius 1 is 1.08 bits per heavy atom. The summed E-state index contributed by atoms with van der Waals surface area (Å²) in [6.45, 7) is 0. The number of methoxy groups -OCH3 is 1. The molecule has 3 rings (SSSR count). The highest BCUT2D eigenvalue weighted by Gasteiger charge is 2.05. The number of rotatable bonds is 5. The molecule has 2 aromatic carbocycles. The minimum atomic E-state index is 0.328. The van der Waals surface area contributed by atoms with E-state index in [1.807, 2.05) is 6.07 Å². The van der Waals surface area contributed by atoms with Crippen molar-refractivity contribution in [1.82, 2.24) is 15.2 Å². The van der Waals surface area contributed by atoms with Gasteiger partial charge in [0.25, 0.3) is 0 Å². The number of ether oxygens (including phenoxy) is 1. The molecule has 3 aromatic rings. The number of nitriles is 1. The Hall–Kier alpha value is -3.37. The van der Waals surface area contributed by atoms with Crippen LogP contribution in [0.1, 0.15) is 5.56 Å². The van der Waals surface area contributed by atoms with E-state index in [0.29, 0.717) is 28.1 Å². The molecular formula is C17H13ClN6O. The van der Waals surface area contributed by atoms with Crippen molar-refractivity contribution >= 4 is 34.7 Å². The summed E-state index contributed by atoms with van der Waals surface area (Å²) in [5.74, 6) is 1.43. The quantitative estimate of drug-likeness (QED) is 0.719. The van der Waals surface area contributed by atoms with E-state index in [4.69, 9.17) is 21.6 Å². The number of anilines is 4. The van der Waals surface area contributed by atoms with Gasteiger partial charge < -0.3 is 15.4 Å². The van der Waals surface area contributed by atoms with Gasteiger partial charge >= 0.3 is 0 Å². The van der Waals surface area contributed by atoms with Crippen LogP contribution in [-0.2, 0) is 0 Å². The summed E-state index contributed by atoms with van der Waals surface area (Å²) in [5, 5.41) is 23.3. The third-order valence-electron chi connectivity index (χ3n) is 3.25. The van der Waals surface area contributed by atoms with E-state index in [9.17, 15) is 0 Å². The van der Waals surface area contributed by atoms with Gasteiger partial charge in [0, 0.05) is 11.4 Å². The fourth-order valence-electron chi connectivity index (χ4n) is 2.07. The second kappa shape index (κ2) is 7.47. The van der Waals surface area contributed by atoms with Gasteiger partial charge in [-0.25, -0.2) is 0 Å². The highest BCUT2D eigenvalue weighted by atomic mass is 35.5. The first-order valence-corrected chi connectivity index (χ1v) is 7.63. The van der Waals surface area contributed by atoms with Crippen molar-refractivity contribution in [2.75, 3.05) is 17.7 Å². The molecular weight excluding hydrogens is 340 g/mol. The van der Waals surface area contributed by atoms with Crippen LogP contribution in [0.3, 0.4) is 0 Å². The van der Waals surface area contributed by atoms with Gasteiger partial charge in [-0.05, 0) is 42.5 Å². The maximum Gasteiger partial charge on any atom is 0.249 e. The summed E-state index contributed by atoms with van der Waals surface area (Å²) in [5.41, 5.74) is 2.08. The summed E-state index contributed by atoms with van der Waals surface area (Å²) >= 11 is 6.11. The van der Waals surface area contributed by atoms with Gasteiger partial charge in [0.1, 0.15) is 5.75 Å². The molecule has 0 aliphatic rings. The van der Waals surface area contributed by atoms with Gasteiger partial charge in [0.05, 0.1) is 30.0 Å². The Bertz CT molecular complexity index is 923. The average molecular weight is 353 g/mol. The molecule has 0 fully saturated rings. The monoisotopic (exact) mass is 352 g/mol. The minimum absolute atomic E-state index is 0.328. The van der Waals surface area contributed by atoms with Gasteiger partial charge in [0.15, 0.2) is 5.82 Å². The van der Waals surface area contributed by atoms with Crippen molar-refractivity contribution in [3.8, 4) is 11.8 Å². The Morgan fingerprint density at radius 2 is 1.84 bits per heavy atom. The lowest BCUT2D eigenvalue weighted by atomic mass is 10.2. The van der Waals surface area contributed by atoms with E-state index >= 15 is 0 Å². The molecule has 0 saturated heterocycles. The zero-order valence-electron chi connectivity index (χ0n) is 13.2. The molecule has 1 aromatic heterocycles. The SMILES string of the molecule is COc1ccc(Nc2cnnc(Nc3ccc(C#N)cc3)n2)cc1Cl. The number of halogens is 1. The zero-order valence-corrected chi connectivity index (χ0v) is 13.9. The van der Waals surface area contributed by atoms with Crippen LogP contribution in [0.15, 0.2) is 48.7 Å². The van der Waals surface area contributed by atoms with Gasteiger partial charge in [-0.15, -0.1) is 5.10 Å². The van der Waals surface area contributed by atoms with Crippen molar-refractivity contribution in [2.45, 2.75) is 0 Å².